The number of aliphatic hydroxyl groups is 1. The van der Waals surface area contributed by atoms with Gasteiger partial charge in [-0.1, -0.05) is 13.8 Å². The molecule has 0 fully saturated rings. The fraction of sp³-hybridized carbons (Fsp3) is 0.556. The van der Waals surface area contributed by atoms with E-state index in [0.717, 1.165) is 17.7 Å². The number of rotatable bonds is 3. The highest BCUT2D eigenvalue weighted by molar-refractivity contribution is 5.18. The van der Waals surface area contributed by atoms with Crippen molar-refractivity contribution >= 4 is 0 Å². The molecule has 0 spiro atoms. The minimum atomic E-state index is -0.416. The van der Waals surface area contributed by atoms with Crippen LogP contribution in [0.15, 0.2) is 12.5 Å². The Balaban J connectivity index is 2.96. The molecule has 3 heteroatoms. The molecule has 0 bridgehead atoms. The molecule has 66 valence electrons. The first kappa shape index (κ1) is 9.13. The van der Waals surface area contributed by atoms with Gasteiger partial charge in [0.25, 0.3) is 0 Å². The molecule has 0 radical (unpaired) electrons. The maximum absolute atomic E-state index is 9.56. The van der Waals surface area contributed by atoms with E-state index in [1.807, 2.05) is 13.8 Å². The summed E-state index contributed by atoms with van der Waals surface area (Å²) in [4.78, 5) is 7.99. The van der Waals surface area contributed by atoms with E-state index >= 15 is 0 Å². The van der Waals surface area contributed by atoms with Crippen molar-refractivity contribution in [3.05, 3.63) is 23.8 Å². The van der Waals surface area contributed by atoms with Crippen molar-refractivity contribution in [1.29, 1.82) is 0 Å². The molecule has 0 aromatic carbocycles. The Morgan fingerprint density at radius 2 is 2.25 bits per heavy atom. The second-order valence-electron chi connectivity index (χ2n) is 2.70. The molecule has 0 aliphatic rings. The number of aromatic nitrogens is 2. The summed E-state index contributed by atoms with van der Waals surface area (Å²) in [5.74, 6) is 0. The van der Waals surface area contributed by atoms with E-state index in [1.165, 1.54) is 6.33 Å². The minimum absolute atomic E-state index is 0.416. The second kappa shape index (κ2) is 4.16. The van der Waals surface area contributed by atoms with Gasteiger partial charge < -0.3 is 5.11 Å². The molecule has 1 heterocycles. The van der Waals surface area contributed by atoms with Crippen LogP contribution in [-0.2, 0) is 6.42 Å². The van der Waals surface area contributed by atoms with Crippen LogP contribution in [-0.4, -0.2) is 15.1 Å². The van der Waals surface area contributed by atoms with Gasteiger partial charge in [-0.15, -0.1) is 0 Å². The zero-order chi connectivity index (χ0) is 8.97. The Bertz CT molecular complexity index is 250. The summed E-state index contributed by atoms with van der Waals surface area (Å²) in [7, 11) is 0. The zero-order valence-corrected chi connectivity index (χ0v) is 7.49. The average Bonchev–Trinajstić information content (AvgIpc) is 2.16. The Kier molecular flexibility index (Phi) is 3.17. The largest absolute Gasteiger partial charge is 0.388 e. The molecule has 1 N–H and O–H groups in total. The van der Waals surface area contributed by atoms with E-state index in [1.54, 1.807) is 6.20 Å². The van der Waals surface area contributed by atoms with Gasteiger partial charge in [-0.2, -0.15) is 0 Å². The normalized spacial score (nSPS) is 12.9. The van der Waals surface area contributed by atoms with E-state index in [4.69, 9.17) is 0 Å². The first-order chi connectivity index (χ1) is 5.79. The molecule has 1 aromatic rings. The Hall–Kier alpha value is -0.960. The van der Waals surface area contributed by atoms with Gasteiger partial charge in [0.05, 0.1) is 6.10 Å². The van der Waals surface area contributed by atoms with Gasteiger partial charge >= 0.3 is 0 Å². The van der Waals surface area contributed by atoms with Gasteiger partial charge in [0.15, 0.2) is 0 Å². The summed E-state index contributed by atoms with van der Waals surface area (Å²) in [6.07, 6.45) is 4.35. The standard InChI is InChI=1S/C9H14N2O/c1-3-8-7(9(12)4-2)5-10-6-11-8/h5-6,9,12H,3-4H2,1-2H3. The molecule has 1 aromatic heterocycles. The lowest BCUT2D eigenvalue weighted by atomic mass is 10.1. The van der Waals surface area contributed by atoms with Crippen LogP contribution in [0.3, 0.4) is 0 Å². The molecule has 0 saturated carbocycles. The zero-order valence-electron chi connectivity index (χ0n) is 7.49. The van der Waals surface area contributed by atoms with Crippen molar-refractivity contribution in [3.63, 3.8) is 0 Å². The highest BCUT2D eigenvalue weighted by Crippen LogP contribution is 2.17. The monoisotopic (exact) mass is 166 g/mol. The van der Waals surface area contributed by atoms with Gasteiger partial charge in [-0.3, -0.25) is 0 Å². The number of hydrogen-bond donors (Lipinski definition) is 1. The summed E-state index contributed by atoms with van der Waals surface area (Å²) in [5.41, 5.74) is 1.81. The molecular formula is C9H14N2O. The predicted molar refractivity (Wildman–Crippen MR) is 46.7 cm³/mol. The van der Waals surface area contributed by atoms with Gasteiger partial charge in [-0.25, -0.2) is 9.97 Å². The van der Waals surface area contributed by atoms with Gasteiger partial charge in [-0.05, 0) is 12.8 Å². The van der Waals surface area contributed by atoms with E-state index in [2.05, 4.69) is 9.97 Å². The first-order valence-electron chi connectivity index (χ1n) is 4.26. The van der Waals surface area contributed by atoms with Crippen LogP contribution < -0.4 is 0 Å². The van der Waals surface area contributed by atoms with Crippen molar-refractivity contribution in [3.8, 4) is 0 Å². The van der Waals surface area contributed by atoms with E-state index in [0.29, 0.717) is 6.42 Å². The Morgan fingerprint density at radius 1 is 1.50 bits per heavy atom. The van der Waals surface area contributed by atoms with Crippen LogP contribution >= 0.6 is 0 Å². The summed E-state index contributed by atoms with van der Waals surface area (Å²) in [5, 5.41) is 9.56. The number of nitrogens with zero attached hydrogens (tertiary/aromatic N) is 2. The predicted octanol–water partition coefficient (Wildman–Crippen LogP) is 1.48. The third kappa shape index (κ3) is 1.80. The fourth-order valence-corrected chi connectivity index (χ4v) is 1.16. The second-order valence-corrected chi connectivity index (χ2v) is 2.70. The Morgan fingerprint density at radius 3 is 2.83 bits per heavy atom. The first-order valence-corrected chi connectivity index (χ1v) is 4.26. The summed E-state index contributed by atoms with van der Waals surface area (Å²) >= 11 is 0. The lowest BCUT2D eigenvalue weighted by Gasteiger charge is -2.10. The SMILES string of the molecule is CCc1ncncc1C(O)CC. The Labute approximate surface area is 72.5 Å². The molecule has 1 atom stereocenters. The minimum Gasteiger partial charge on any atom is -0.388 e. The van der Waals surface area contributed by atoms with Crippen LogP contribution in [0.25, 0.3) is 0 Å². The molecule has 0 amide bonds. The topological polar surface area (TPSA) is 46.0 Å². The lowest BCUT2D eigenvalue weighted by Crippen LogP contribution is -2.03. The smallest absolute Gasteiger partial charge is 0.115 e. The summed E-state index contributed by atoms with van der Waals surface area (Å²) in [6, 6.07) is 0. The molecule has 1 unspecified atom stereocenters. The van der Waals surface area contributed by atoms with Crippen molar-refractivity contribution < 1.29 is 5.11 Å². The summed E-state index contributed by atoms with van der Waals surface area (Å²) < 4.78 is 0. The summed E-state index contributed by atoms with van der Waals surface area (Å²) in [6.45, 7) is 3.96. The van der Waals surface area contributed by atoms with Gasteiger partial charge in [0.1, 0.15) is 6.33 Å². The molecule has 3 nitrogen and oxygen atoms in total. The van der Waals surface area contributed by atoms with Crippen LogP contribution in [0.5, 0.6) is 0 Å². The highest BCUT2D eigenvalue weighted by atomic mass is 16.3. The highest BCUT2D eigenvalue weighted by Gasteiger charge is 2.09. The number of hydrogen-bond acceptors (Lipinski definition) is 3. The van der Waals surface area contributed by atoms with Crippen molar-refractivity contribution in [1.82, 2.24) is 9.97 Å². The van der Waals surface area contributed by atoms with Crippen LogP contribution in [0.1, 0.15) is 37.6 Å². The molecule has 1 rings (SSSR count). The third-order valence-corrected chi connectivity index (χ3v) is 1.91. The maximum atomic E-state index is 9.56. The van der Waals surface area contributed by atoms with Crippen molar-refractivity contribution in [2.75, 3.05) is 0 Å². The molecule has 12 heavy (non-hydrogen) atoms. The fourth-order valence-electron chi connectivity index (χ4n) is 1.16. The molecule has 0 saturated heterocycles. The quantitative estimate of drug-likeness (QED) is 0.739. The lowest BCUT2D eigenvalue weighted by molar-refractivity contribution is 0.171. The molecular weight excluding hydrogens is 152 g/mol. The third-order valence-electron chi connectivity index (χ3n) is 1.91. The van der Waals surface area contributed by atoms with E-state index in [9.17, 15) is 5.11 Å². The average molecular weight is 166 g/mol. The maximum Gasteiger partial charge on any atom is 0.115 e. The van der Waals surface area contributed by atoms with Gasteiger partial charge in [0.2, 0.25) is 0 Å². The molecule has 0 aliphatic heterocycles. The van der Waals surface area contributed by atoms with Crippen LogP contribution in [0.4, 0.5) is 0 Å². The van der Waals surface area contributed by atoms with E-state index in [-0.39, 0.29) is 0 Å². The van der Waals surface area contributed by atoms with E-state index < -0.39 is 6.10 Å². The van der Waals surface area contributed by atoms with Crippen molar-refractivity contribution in [2.45, 2.75) is 32.8 Å². The van der Waals surface area contributed by atoms with Crippen LogP contribution in [0.2, 0.25) is 0 Å². The van der Waals surface area contributed by atoms with Crippen LogP contribution in [0, 0.1) is 0 Å². The van der Waals surface area contributed by atoms with Gasteiger partial charge in [0, 0.05) is 17.5 Å². The van der Waals surface area contributed by atoms with Crippen molar-refractivity contribution in [2.24, 2.45) is 0 Å². The number of aryl methyl sites for hydroxylation is 1. The molecule has 0 aliphatic carbocycles. The number of aliphatic hydroxyl groups excluding tert-OH is 1.